The summed E-state index contributed by atoms with van der Waals surface area (Å²) < 4.78 is 5.11. The van der Waals surface area contributed by atoms with Crippen LogP contribution in [0.3, 0.4) is 0 Å². The minimum absolute atomic E-state index is 0.0375. The third kappa shape index (κ3) is 1.38. The zero-order valence-corrected chi connectivity index (χ0v) is 5.79. The van der Waals surface area contributed by atoms with Crippen molar-refractivity contribution >= 4 is 13.1 Å². The van der Waals surface area contributed by atoms with E-state index >= 15 is 0 Å². The van der Waals surface area contributed by atoms with Crippen LogP contribution in [-0.4, -0.2) is 42.7 Å². The van der Waals surface area contributed by atoms with Crippen molar-refractivity contribution in [2.24, 2.45) is 5.92 Å². The van der Waals surface area contributed by atoms with E-state index in [9.17, 15) is 0 Å². The van der Waals surface area contributed by atoms with Crippen molar-refractivity contribution < 1.29 is 14.9 Å². The normalized spacial score (nSPS) is 32.3. The van der Waals surface area contributed by atoms with Gasteiger partial charge < -0.3 is 0 Å². The van der Waals surface area contributed by atoms with Crippen molar-refractivity contribution in [3.8, 4) is 0 Å². The fourth-order valence-electron chi connectivity index (χ4n) is 1.15. The first-order valence-corrected chi connectivity index (χ1v) is 3.34. The minimum atomic E-state index is -0.238. The first kappa shape index (κ1) is 7.76. The fraction of sp³-hybridized carbons (Fsp3) is 0.833. The summed E-state index contributed by atoms with van der Waals surface area (Å²) in [6.07, 6.45) is 0.430. The SMILES string of the molecule is B=C1CC(CO)C(CO)O1. The molecule has 0 spiro atoms. The van der Waals surface area contributed by atoms with Crippen LogP contribution >= 0.6 is 0 Å². The molecule has 1 heterocycles. The maximum atomic E-state index is 8.75. The van der Waals surface area contributed by atoms with Crippen LogP contribution in [0.15, 0.2) is 0 Å². The molecule has 1 saturated heterocycles. The Morgan fingerprint density at radius 3 is 2.60 bits per heavy atom. The van der Waals surface area contributed by atoms with Crippen LogP contribution in [0.5, 0.6) is 0 Å². The molecule has 0 radical (unpaired) electrons. The van der Waals surface area contributed by atoms with E-state index in [-0.39, 0.29) is 25.2 Å². The van der Waals surface area contributed by atoms with E-state index in [1.165, 1.54) is 0 Å². The van der Waals surface area contributed by atoms with Gasteiger partial charge in [-0.05, 0) is 0 Å². The van der Waals surface area contributed by atoms with E-state index in [1.54, 1.807) is 0 Å². The van der Waals surface area contributed by atoms with E-state index in [1.807, 2.05) is 0 Å². The van der Waals surface area contributed by atoms with Gasteiger partial charge in [-0.25, -0.2) is 0 Å². The van der Waals surface area contributed by atoms with Crippen molar-refractivity contribution in [1.82, 2.24) is 0 Å². The Balaban J connectivity index is 2.48. The molecule has 56 valence electrons. The molecule has 0 bridgehead atoms. The second kappa shape index (κ2) is 3.17. The number of hydrogen-bond donors (Lipinski definition) is 2. The summed E-state index contributed by atoms with van der Waals surface area (Å²) in [5.74, 6) is 0.0394. The molecule has 10 heavy (non-hydrogen) atoms. The monoisotopic (exact) mass is 142 g/mol. The Morgan fingerprint density at radius 2 is 2.20 bits per heavy atom. The summed E-state index contributed by atoms with van der Waals surface area (Å²) in [5, 5.41) is 17.5. The fourth-order valence-corrected chi connectivity index (χ4v) is 1.15. The Kier molecular flexibility index (Phi) is 2.46. The third-order valence-electron chi connectivity index (χ3n) is 1.75. The number of aliphatic hydroxyl groups excluding tert-OH is 2. The van der Waals surface area contributed by atoms with Crippen LogP contribution in [0.4, 0.5) is 0 Å². The summed E-state index contributed by atoms with van der Waals surface area (Å²) in [4.78, 5) is 0. The van der Waals surface area contributed by atoms with Crippen molar-refractivity contribution in [3.05, 3.63) is 0 Å². The van der Waals surface area contributed by atoms with E-state index < -0.39 is 0 Å². The zero-order chi connectivity index (χ0) is 7.56. The molecule has 0 aromatic carbocycles. The van der Waals surface area contributed by atoms with Gasteiger partial charge in [0.1, 0.15) is 0 Å². The Labute approximate surface area is 60.7 Å². The van der Waals surface area contributed by atoms with Crippen LogP contribution in [0.1, 0.15) is 6.42 Å². The van der Waals surface area contributed by atoms with Gasteiger partial charge in [0.15, 0.2) is 0 Å². The summed E-state index contributed by atoms with van der Waals surface area (Å²) in [7, 11) is 3.61. The van der Waals surface area contributed by atoms with Crippen molar-refractivity contribution in [2.45, 2.75) is 12.5 Å². The first-order chi connectivity index (χ1) is 4.77. The summed E-state index contributed by atoms with van der Waals surface area (Å²) in [5.41, 5.74) is 0.665. The van der Waals surface area contributed by atoms with Gasteiger partial charge in [-0.2, -0.15) is 0 Å². The average Bonchev–Trinajstić information content (AvgIpc) is 2.30. The molecule has 2 atom stereocenters. The molecule has 2 N–H and O–H groups in total. The molecule has 1 rings (SSSR count). The van der Waals surface area contributed by atoms with Gasteiger partial charge >= 0.3 is 59.7 Å². The molecule has 1 fully saturated rings. The predicted octanol–water partition coefficient (Wildman–Crippen LogP) is -1.59. The topological polar surface area (TPSA) is 49.7 Å². The van der Waals surface area contributed by atoms with E-state index in [0.29, 0.717) is 12.1 Å². The van der Waals surface area contributed by atoms with Gasteiger partial charge in [0, 0.05) is 0 Å². The van der Waals surface area contributed by atoms with Gasteiger partial charge in [-0.15, -0.1) is 0 Å². The molecule has 0 amide bonds. The zero-order valence-electron chi connectivity index (χ0n) is 5.79. The van der Waals surface area contributed by atoms with Gasteiger partial charge in [0.05, 0.1) is 0 Å². The quantitative estimate of drug-likeness (QED) is 0.457. The van der Waals surface area contributed by atoms with Crippen LogP contribution in [0.25, 0.3) is 0 Å². The van der Waals surface area contributed by atoms with Crippen LogP contribution in [0.2, 0.25) is 0 Å². The van der Waals surface area contributed by atoms with Crippen LogP contribution in [-0.2, 0) is 4.74 Å². The molecule has 1 aliphatic rings. The van der Waals surface area contributed by atoms with E-state index in [0.717, 1.165) is 0 Å². The Bertz CT molecular complexity index is 123. The molecule has 0 saturated carbocycles. The molecule has 1 aliphatic heterocycles. The third-order valence-corrected chi connectivity index (χ3v) is 1.75. The van der Waals surface area contributed by atoms with E-state index in [2.05, 4.69) is 7.49 Å². The Hall–Kier alpha value is -0.345. The molecule has 0 aromatic heterocycles. The molecule has 2 unspecified atom stereocenters. The molecule has 0 aliphatic carbocycles. The van der Waals surface area contributed by atoms with Crippen LogP contribution in [0, 0.1) is 5.92 Å². The van der Waals surface area contributed by atoms with Crippen molar-refractivity contribution in [1.29, 1.82) is 0 Å². The summed E-state index contributed by atoms with van der Waals surface area (Å²) in [6, 6.07) is 0. The van der Waals surface area contributed by atoms with E-state index in [4.69, 9.17) is 14.9 Å². The number of aliphatic hydroxyl groups is 2. The molecule has 0 aromatic rings. The number of ether oxygens (including phenoxy) is 1. The van der Waals surface area contributed by atoms with Crippen LogP contribution < -0.4 is 0 Å². The second-order valence-corrected chi connectivity index (χ2v) is 2.52. The number of hydrogen-bond acceptors (Lipinski definition) is 3. The summed E-state index contributed by atoms with van der Waals surface area (Å²) in [6.45, 7) is 0.0223. The average molecular weight is 142 g/mol. The maximum absolute atomic E-state index is 8.75. The summed E-state index contributed by atoms with van der Waals surface area (Å²) >= 11 is 0. The Morgan fingerprint density at radius 1 is 1.50 bits per heavy atom. The molecule has 4 heteroatoms. The predicted molar refractivity (Wildman–Crippen MR) is 39.3 cm³/mol. The first-order valence-electron chi connectivity index (χ1n) is 3.34. The molecular weight excluding hydrogens is 131 g/mol. The van der Waals surface area contributed by atoms with Gasteiger partial charge in [0.25, 0.3) is 0 Å². The molecule has 3 nitrogen and oxygen atoms in total. The van der Waals surface area contributed by atoms with Gasteiger partial charge in [0.2, 0.25) is 0 Å². The second-order valence-electron chi connectivity index (χ2n) is 2.52. The van der Waals surface area contributed by atoms with Crippen molar-refractivity contribution in [2.75, 3.05) is 13.2 Å². The van der Waals surface area contributed by atoms with Gasteiger partial charge in [-0.1, -0.05) is 0 Å². The number of rotatable bonds is 2. The standard InChI is InChI=1S/C6H11BO3/c7-6-1-4(2-8)5(3-9)10-6/h4-5,7-9H,1-3H2. The molecular formula is C6H11BO3. The van der Waals surface area contributed by atoms with Gasteiger partial charge in [-0.3, -0.25) is 0 Å². The van der Waals surface area contributed by atoms with Crippen molar-refractivity contribution in [3.63, 3.8) is 0 Å².